The van der Waals surface area contributed by atoms with E-state index in [1.807, 2.05) is 19.1 Å². The number of amides is 1. The van der Waals surface area contributed by atoms with Crippen LogP contribution in [0.3, 0.4) is 0 Å². The fourth-order valence-corrected chi connectivity index (χ4v) is 2.28. The first kappa shape index (κ1) is 11.8. The van der Waals surface area contributed by atoms with Crippen molar-refractivity contribution in [1.82, 2.24) is 0 Å². The van der Waals surface area contributed by atoms with Gasteiger partial charge in [0.15, 0.2) is 0 Å². The van der Waals surface area contributed by atoms with Crippen LogP contribution < -0.4 is 16.4 Å². The van der Waals surface area contributed by atoms with Crippen LogP contribution >= 0.6 is 0 Å². The third-order valence-corrected chi connectivity index (χ3v) is 3.52. The third kappa shape index (κ3) is 2.52. The van der Waals surface area contributed by atoms with Gasteiger partial charge in [0.25, 0.3) is 0 Å². The van der Waals surface area contributed by atoms with Crippen LogP contribution in [0.4, 0.5) is 11.4 Å². The molecule has 0 unspecified atom stereocenters. The van der Waals surface area contributed by atoms with Crippen LogP contribution in [0.1, 0.15) is 18.4 Å². The lowest BCUT2D eigenvalue weighted by Gasteiger charge is -2.32. The summed E-state index contributed by atoms with van der Waals surface area (Å²) in [4.78, 5) is 13.4. The minimum Gasteiger partial charge on any atom is -0.399 e. The molecule has 4 heteroatoms. The molecule has 4 N–H and O–H groups in total. The summed E-state index contributed by atoms with van der Waals surface area (Å²) >= 11 is 0. The zero-order valence-corrected chi connectivity index (χ0v) is 10.1. The van der Waals surface area contributed by atoms with Crippen molar-refractivity contribution in [2.45, 2.75) is 19.8 Å². The monoisotopic (exact) mass is 233 g/mol. The van der Waals surface area contributed by atoms with E-state index in [0.717, 1.165) is 37.2 Å². The molecule has 0 bridgehead atoms. The topological polar surface area (TPSA) is 72.3 Å². The van der Waals surface area contributed by atoms with Crippen LogP contribution in [0.5, 0.6) is 0 Å². The molecule has 0 radical (unpaired) electrons. The maximum atomic E-state index is 11.1. The van der Waals surface area contributed by atoms with E-state index < -0.39 is 0 Å². The van der Waals surface area contributed by atoms with Gasteiger partial charge in [-0.2, -0.15) is 0 Å². The van der Waals surface area contributed by atoms with Crippen LogP contribution in [0.25, 0.3) is 0 Å². The quantitative estimate of drug-likeness (QED) is 0.756. The first-order chi connectivity index (χ1) is 8.08. The van der Waals surface area contributed by atoms with Gasteiger partial charge >= 0.3 is 0 Å². The molecule has 1 amide bonds. The summed E-state index contributed by atoms with van der Waals surface area (Å²) in [6, 6.07) is 6.07. The second-order valence-electron chi connectivity index (χ2n) is 4.70. The second-order valence-corrected chi connectivity index (χ2v) is 4.70. The van der Waals surface area contributed by atoms with Gasteiger partial charge in [-0.25, -0.2) is 0 Å². The standard InChI is InChI=1S/C13H19N3O/c1-9-8-11(2-3-12(9)14)16-6-4-10(5-7-16)13(15)17/h2-3,8,10H,4-7,14H2,1H3,(H2,15,17). The van der Waals surface area contributed by atoms with E-state index in [1.54, 1.807) is 0 Å². The molecule has 92 valence electrons. The van der Waals surface area contributed by atoms with E-state index in [0.29, 0.717) is 0 Å². The average Bonchev–Trinajstić information content (AvgIpc) is 2.33. The SMILES string of the molecule is Cc1cc(N2CCC(C(N)=O)CC2)ccc1N. The third-order valence-electron chi connectivity index (χ3n) is 3.52. The molecule has 1 heterocycles. The molecule has 1 aliphatic heterocycles. The summed E-state index contributed by atoms with van der Waals surface area (Å²) in [6.07, 6.45) is 1.69. The smallest absolute Gasteiger partial charge is 0.220 e. The summed E-state index contributed by atoms with van der Waals surface area (Å²) < 4.78 is 0. The van der Waals surface area contributed by atoms with E-state index in [-0.39, 0.29) is 11.8 Å². The molecule has 0 saturated carbocycles. The maximum absolute atomic E-state index is 11.1. The number of carbonyl (C=O) groups is 1. The lowest BCUT2D eigenvalue weighted by Crippen LogP contribution is -2.38. The van der Waals surface area contributed by atoms with E-state index in [9.17, 15) is 4.79 Å². The number of anilines is 2. The van der Waals surface area contributed by atoms with Gasteiger partial charge in [0.2, 0.25) is 5.91 Å². The predicted octanol–water partition coefficient (Wildman–Crippen LogP) is 1.28. The molecule has 1 aromatic carbocycles. The Labute approximate surface area is 102 Å². The summed E-state index contributed by atoms with van der Waals surface area (Å²) in [6.45, 7) is 3.78. The first-order valence-electron chi connectivity index (χ1n) is 5.98. The van der Waals surface area contributed by atoms with Gasteiger partial charge < -0.3 is 16.4 Å². The van der Waals surface area contributed by atoms with E-state index >= 15 is 0 Å². The molecule has 1 aromatic rings. The fraction of sp³-hybridized carbons (Fsp3) is 0.462. The first-order valence-corrected chi connectivity index (χ1v) is 5.98. The van der Waals surface area contributed by atoms with E-state index in [1.165, 1.54) is 5.69 Å². The number of aryl methyl sites for hydroxylation is 1. The van der Waals surface area contributed by atoms with Crippen LogP contribution in [0, 0.1) is 12.8 Å². The molecule has 0 aromatic heterocycles. The normalized spacial score (nSPS) is 17.1. The van der Waals surface area contributed by atoms with Crippen molar-refractivity contribution in [3.05, 3.63) is 23.8 Å². The largest absolute Gasteiger partial charge is 0.399 e. The Morgan fingerprint density at radius 1 is 1.35 bits per heavy atom. The second kappa shape index (κ2) is 4.65. The van der Waals surface area contributed by atoms with Gasteiger partial charge in [-0.05, 0) is 43.5 Å². The molecular weight excluding hydrogens is 214 g/mol. The highest BCUT2D eigenvalue weighted by atomic mass is 16.1. The van der Waals surface area contributed by atoms with Gasteiger partial charge in [-0.3, -0.25) is 4.79 Å². The highest BCUT2D eigenvalue weighted by molar-refractivity contribution is 5.77. The Bertz CT molecular complexity index is 423. The fourth-order valence-electron chi connectivity index (χ4n) is 2.28. The predicted molar refractivity (Wildman–Crippen MR) is 69.7 cm³/mol. The number of nitrogen functional groups attached to an aromatic ring is 1. The van der Waals surface area contributed by atoms with Gasteiger partial charge in [-0.1, -0.05) is 0 Å². The van der Waals surface area contributed by atoms with Crippen LogP contribution in [0.15, 0.2) is 18.2 Å². The Kier molecular flexibility index (Phi) is 3.22. The van der Waals surface area contributed by atoms with E-state index in [4.69, 9.17) is 11.5 Å². The minimum absolute atomic E-state index is 0.0427. The number of primary amides is 1. The summed E-state index contributed by atoms with van der Waals surface area (Å²) in [7, 11) is 0. The Morgan fingerprint density at radius 2 is 2.00 bits per heavy atom. The number of nitrogens with zero attached hydrogens (tertiary/aromatic N) is 1. The zero-order valence-electron chi connectivity index (χ0n) is 10.1. The molecule has 1 fully saturated rings. The molecule has 17 heavy (non-hydrogen) atoms. The summed E-state index contributed by atoms with van der Waals surface area (Å²) in [5.74, 6) is -0.126. The molecule has 2 rings (SSSR count). The van der Waals surface area contributed by atoms with Crippen molar-refractivity contribution in [1.29, 1.82) is 0 Å². The van der Waals surface area contributed by atoms with Crippen LogP contribution in [-0.4, -0.2) is 19.0 Å². The van der Waals surface area contributed by atoms with Gasteiger partial charge in [-0.15, -0.1) is 0 Å². The number of piperidine rings is 1. The molecule has 4 nitrogen and oxygen atoms in total. The van der Waals surface area contributed by atoms with Gasteiger partial charge in [0, 0.05) is 30.4 Å². The molecule has 1 saturated heterocycles. The Hall–Kier alpha value is -1.71. The molecule has 0 atom stereocenters. The number of rotatable bonds is 2. The maximum Gasteiger partial charge on any atom is 0.220 e. The van der Waals surface area contributed by atoms with Crippen molar-refractivity contribution in [2.24, 2.45) is 11.7 Å². The lowest BCUT2D eigenvalue weighted by molar-refractivity contribution is -0.122. The van der Waals surface area contributed by atoms with Crippen molar-refractivity contribution >= 4 is 17.3 Å². The van der Waals surface area contributed by atoms with Crippen molar-refractivity contribution in [2.75, 3.05) is 23.7 Å². The van der Waals surface area contributed by atoms with Crippen molar-refractivity contribution < 1.29 is 4.79 Å². The lowest BCUT2D eigenvalue weighted by atomic mass is 9.96. The number of nitrogens with two attached hydrogens (primary N) is 2. The zero-order chi connectivity index (χ0) is 12.4. The van der Waals surface area contributed by atoms with Crippen molar-refractivity contribution in [3.63, 3.8) is 0 Å². The molecular formula is C13H19N3O. The highest BCUT2D eigenvalue weighted by Crippen LogP contribution is 2.25. The number of carbonyl (C=O) groups excluding carboxylic acids is 1. The minimum atomic E-state index is -0.168. The number of benzene rings is 1. The van der Waals surface area contributed by atoms with Crippen molar-refractivity contribution in [3.8, 4) is 0 Å². The van der Waals surface area contributed by atoms with E-state index in [2.05, 4.69) is 11.0 Å². The molecule has 0 spiro atoms. The average molecular weight is 233 g/mol. The molecule has 1 aliphatic rings. The molecule has 0 aliphatic carbocycles. The number of hydrogen-bond donors (Lipinski definition) is 2. The van der Waals surface area contributed by atoms with Gasteiger partial charge in [0.1, 0.15) is 0 Å². The summed E-state index contributed by atoms with van der Waals surface area (Å²) in [5.41, 5.74) is 14.2. The van der Waals surface area contributed by atoms with Gasteiger partial charge in [0.05, 0.1) is 0 Å². The number of hydrogen-bond acceptors (Lipinski definition) is 3. The van der Waals surface area contributed by atoms with Crippen LogP contribution in [0.2, 0.25) is 0 Å². The highest BCUT2D eigenvalue weighted by Gasteiger charge is 2.23. The van der Waals surface area contributed by atoms with Crippen LogP contribution in [-0.2, 0) is 4.79 Å². The Morgan fingerprint density at radius 3 is 2.53 bits per heavy atom. The Balaban J connectivity index is 2.05. The summed E-state index contributed by atoms with van der Waals surface area (Å²) in [5, 5.41) is 0.